The first-order valence-corrected chi connectivity index (χ1v) is 14.9. The molecular formula is C35H42N2O7. The number of rotatable bonds is 19. The zero-order valence-electron chi connectivity index (χ0n) is 25.8. The van der Waals surface area contributed by atoms with Gasteiger partial charge in [-0.05, 0) is 43.7 Å². The normalized spacial score (nSPS) is 11.7. The van der Waals surface area contributed by atoms with Gasteiger partial charge in [-0.1, -0.05) is 75.9 Å². The van der Waals surface area contributed by atoms with Gasteiger partial charge in [0, 0.05) is 24.3 Å². The van der Waals surface area contributed by atoms with Gasteiger partial charge in [0.2, 0.25) is 0 Å². The highest BCUT2D eigenvalue weighted by Crippen LogP contribution is 2.37. The lowest BCUT2D eigenvalue weighted by Crippen LogP contribution is -2.29. The highest BCUT2D eigenvalue weighted by Gasteiger charge is 2.19. The van der Waals surface area contributed by atoms with Crippen LogP contribution in [0.25, 0.3) is 0 Å². The number of hydrogen-bond acceptors (Lipinski definition) is 9. The number of aromatic hydroxyl groups is 1. The highest BCUT2D eigenvalue weighted by atomic mass is 16.6. The van der Waals surface area contributed by atoms with Crippen molar-refractivity contribution in [2.24, 2.45) is 10.2 Å². The molecule has 9 heteroatoms. The highest BCUT2D eigenvalue weighted by molar-refractivity contribution is 6.11. The van der Waals surface area contributed by atoms with Crippen LogP contribution in [0.2, 0.25) is 0 Å². The minimum atomic E-state index is -0.597. The molecule has 1 unspecified atom stereocenters. The van der Waals surface area contributed by atoms with Crippen molar-refractivity contribution in [2.45, 2.75) is 58.5 Å². The summed E-state index contributed by atoms with van der Waals surface area (Å²) in [6, 6.07) is 18.5. The number of carbonyl (C=O) groups is 2. The first kappa shape index (κ1) is 34.0. The summed E-state index contributed by atoms with van der Waals surface area (Å²) in [6.07, 6.45) is 6.08. The molecule has 0 saturated carbocycles. The Balaban J connectivity index is 1.74. The number of carbonyl (C=O) groups excluding carboxylic acids is 2. The predicted octanol–water partition coefficient (Wildman–Crippen LogP) is 8.29. The minimum absolute atomic E-state index is 0.0960. The van der Waals surface area contributed by atoms with Crippen LogP contribution in [0, 0.1) is 0 Å². The van der Waals surface area contributed by atoms with Crippen molar-refractivity contribution in [3.8, 4) is 17.2 Å². The summed E-state index contributed by atoms with van der Waals surface area (Å²) in [7, 11) is 1.52. The van der Waals surface area contributed by atoms with E-state index in [1.165, 1.54) is 38.5 Å². The van der Waals surface area contributed by atoms with Gasteiger partial charge in [0.05, 0.1) is 24.5 Å². The Morgan fingerprint density at radius 3 is 2.27 bits per heavy atom. The fourth-order valence-electron chi connectivity index (χ4n) is 4.21. The Kier molecular flexibility index (Phi) is 14.1. The van der Waals surface area contributed by atoms with Crippen LogP contribution >= 0.6 is 0 Å². The van der Waals surface area contributed by atoms with E-state index in [-0.39, 0.29) is 30.3 Å². The fraction of sp³-hybridized carbons (Fsp3) is 0.371. The summed E-state index contributed by atoms with van der Waals surface area (Å²) >= 11 is 0. The third-order valence-electron chi connectivity index (χ3n) is 6.63. The molecule has 1 N–H and O–H groups in total. The van der Waals surface area contributed by atoms with Gasteiger partial charge in [-0.3, -0.25) is 4.79 Å². The molecule has 0 spiro atoms. The smallest absolute Gasteiger partial charge is 0.333 e. The topological polar surface area (TPSA) is 116 Å². The number of ketones is 1. The van der Waals surface area contributed by atoms with Crippen LogP contribution in [0.3, 0.4) is 0 Å². The molecule has 0 aliphatic heterocycles. The number of hydrogen-bond donors (Lipinski definition) is 1. The van der Waals surface area contributed by atoms with E-state index in [4.69, 9.17) is 18.9 Å². The zero-order valence-corrected chi connectivity index (χ0v) is 25.8. The lowest BCUT2D eigenvalue weighted by Gasteiger charge is -2.17. The summed E-state index contributed by atoms with van der Waals surface area (Å²) in [4.78, 5) is 25.0. The monoisotopic (exact) mass is 602 g/mol. The van der Waals surface area contributed by atoms with Gasteiger partial charge in [-0.15, -0.1) is 5.11 Å². The van der Waals surface area contributed by atoms with Crippen LogP contribution in [0.15, 0.2) is 89.1 Å². The summed E-state index contributed by atoms with van der Waals surface area (Å²) in [6.45, 7) is 8.08. The van der Waals surface area contributed by atoms with Crippen molar-refractivity contribution in [3.05, 3.63) is 90.0 Å². The van der Waals surface area contributed by atoms with Gasteiger partial charge < -0.3 is 24.1 Å². The van der Waals surface area contributed by atoms with E-state index in [0.29, 0.717) is 40.6 Å². The lowest BCUT2D eigenvalue weighted by atomic mass is 10.0. The Morgan fingerprint density at radius 1 is 0.886 bits per heavy atom. The first-order chi connectivity index (χ1) is 21.3. The molecule has 3 aromatic rings. The van der Waals surface area contributed by atoms with E-state index in [2.05, 4.69) is 23.7 Å². The third kappa shape index (κ3) is 11.0. The van der Waals surface area contributed by atoms with Crippen molar-refractivity contribution < 1.29 is 33.6 Å². The predicted molar refractivity (Wildman–Crippen MR) is 170 cm³/mol. The molecule has 0 aliphatic carbocycles. The number of methoxy groups -OCH3 is 1. The molecule has 0 aromatic heterocycles. The average molecular weight is 603 g/mol. The molecule has 1 atom stereocenters. The molecule has 0 fully saturated rings. The maximum Gasteiger partial charge on any atom is 0.333 e. The summed E-state index contributed by atoms with van der Waals surface area (Å²) < 4.78 is 22.2. The second-order valence-electron chi connectivity index (χ2n) is 10.4. The lowest BCUT2D eigenvalue weighted by molar-refractivity contribution is -0.148. The van der Waals surface area contributed by atoms with E-state index in [0.717, 1.165) is 19.3 Å². The molecule has 0 aliphatic rings. The van der Waals surface area contributed by atoms with Crippen molar-refractivity contribution in [2.75, 3.05) is 26.9 Å². The maximum atomic E-state index is 13.1. The van der Waals surface area contributed by atoms with Gasteiger partial charge >= 0.3 is 5.97 Å². The molecule has 9 nitrogen and oxygen atoms in total. The Morgan fingerprint density at radius 2 is 1.59 bits per heavy atom. The molecule has 44 heavy (non-hydrogen) atoms. The number of unbranched alkanes of at least 4 members (excludes halogenated alkanes) is 5. The van der Waals surface area contributed by atoms with Gasteiger partial charge in [-0.25, -0.2) is 4.79 Å². The summed E-state index contributed by atoms with van der Waals surface area (Å²) in [5.41, 5.74) is 1.71. The molecule has 234 valence electrons. The van der Waals surface area contributed by atoms with Gasteiger partial charge in [0.25, 0.3) is 0 Å². The standard InChI is InChI=1S/C35H42N2O7/c1-5-6-7-8-9-13-20-42-33-22-32(38)30(34(39)26-14-11-10-12-15-26)21-31(33)37-36-27-16-18-28(19-17-27)43-24-29(23-41-4)44-35(40)25(2)3/h10-12,14-19,21-22,29,38H,2,5-9,13,20,23-24H2,1,3-4H3. The van der Waals surface area contributed by atoms with E-state index in [9.17, 15) is 14.7 Å². The largest absolute Gasteiger partial charge is 0.507 e. The zero-order chi connectivity index (χ0) is 31.7. The Bertz CT molecular complexity index is 1390. The molecule has 0 saturated heterocycles. The van der Waals surface area contributed by atoms with Gasteiger partial charge in [-0.2, -0.15) is 5.11 Å². The molecule has 0 heterocycles. The van der Waals surface area contributed by atoms with Crippen molar-refractivity contribution in [1.29, 1.82) is 0 Å². The second kappa shape index (κ2) is 18.2. The van der Waals surface area contributed by atoms with E-state index >= 15 is 0 Å². The Labute approximate surface area is 259 Å². The second-order valence-corrected chi connectivity index (χ2v) is 10.4. The molecule has 0 bridgehead atoms. The van der Waals surface area contributed by atoms with Crippen LogP contribution < -0.4 is 9.47 Å². The summed E-state index contributed by atoms with van der Waals surface area (Å²) in [5.74, 6) is -0.135. The number of benzene rings is 3. The summed E-state index contributed by atoms with van der Waals surface area (Å²) in [5, 5.41) is 19.5. The minimum Gasteiger partial charge on any atom is -0.507 e. The van der Waals surface area contributed by atoms with Crippen LogP contribution in [0.4, 0.5) is 11.4 Å². The first-order valence-electron chi connectivity index (χ1n) is 14.9. The molecular weight excluding hydrogens is 560 g/mol. The average Bonchev–Trinajstić information content (AvgIpc) is 3.03. The van der Waals surface area contributed by atoms with Gasteiger partial charge in [0.1, 0.15) is 23.8 Å². The molecule has 0 radical (unpaired) electrons. The SMILES string of the molecule is C=C(C)C(=O)OC(COC)COc1ccc(N=Nc2cc(C(=O)c3ccccc3)c(O)cc2OCCCCCCCC)cc1. The molecule has 3 rings (SSSR count). The van der Waals surface area contributed by atoms with Crippen LogP contribution in [0.1, 0.15) is 68.3 Å². The molecule has 0 amide bonds. The number of azo groups is 1. The quantitative estimate of drug-likeness (QED) is 0.0482. The van der Waals surface area contributed by atoms with Crippen LogP contribution in [0.5, 0.6) is 17.2 Å². The van der Waals surface area contributed by atoms with Gasteiger partial charge in [0.15, 0.2) is 17.6 Å². The van der Waals surface area contributed by atoms with Crippen LogP contribution in [-0.4, -0.2) is 49.9 Å². The van der Waals surface area contributed by atoms with E-state index in [1.807, 2.05) is 6.07 Å². The van der Waals surface area contributed by atoms with E-state index < -0.39 is 12.1 Å². The number of phenols is 1. The Hall–Kier alpha value is -4.50. The van der Waals surface area contributed by atoms with E-state index in [1.54, 1.807) is 55.5 Å². The number of ether oxygens (including phenoxy) is 4. The van der Waals surface area contributed by atoms with Crippen molar-refractivity contribution in [1.82, 2.24) is 0 Å². The van der Waals surface area contributed by atoms with Crippen LogP contribution in [-0.2, 0) is 14.3 Å². The number of phenolic OH excluding ortho intramolecular Hbond substituents is 1. The third-order valence-corrected chi connectivity index (χ3v) is 6.63. The fourth-order valence-corrected chi connectivity index (χ4v) is 4.21. The molecule has 3 aromatic carbocycles. The number of nitrogens with zero attached hydrogens (tertiary/aromatic N) is 2. The van der Waals surface area contributed by atoms with Crippen molar-refractivity contribution >= 4 is 23.1 Å². The van der Waals surface area contributed by atoms with Crippen molar-refractivity contribution in [3.63, 3.8) is 0 Å². The number of esters is 1. The maximum absolute atomic E-state index is 13.1.